The summed E-state index contributed by atoms with van der Waals surface area (Å²) in [5.41, 5.74) is 3.49. The molecule has 3 aliphatic rings. The molecule has 0 amide bonds. The van der Waals surface area contributed by atoms with Crippen LogP contribution < -0.4 is 0 Å². The molecule has 2 bridgehead atoms. The van der Waals surface area contributed by atoms with E-state index in [1.807, 2.05) is 0 Å². The van der Waals surface area contributed by atoms with Crippen LogP contribution in [-0.4, -0.2) is 24.0 Å². The SMILES string of the molecule is CC[C@@]12C=CC3CC1C(Cc1ccccc12)N(C)C3C.Cl. The molecule has 1 nitrogen and oxygen atoms in total. The molecule has 4 rings (SSSR count). The molecule has 0 aromatic heterocycles. The molecule has 1 aliphatic heterocycles. The van der Waals surface area contributed by atoms with Gasteiger partial charge in [-0.2, -0.15) is 0 Å². The molecule has 2 heteroatoms. The number of hydrogen-bond acceptors (Lipinski definition) is 1. The van der Waals surface area contributed by atoms with Gasteiger partial charge in [-0.05, 0) is 56.2 Å². The van der Waals surface area contributed by atoms with Crippen LogP contribution in [0.5, 0.6) is 0 Å². The van der Waals surface area contributed by atoms with E-state index in [0.717, 1.165) is 17.9 Å². The van der Waals surface area contributed by atoms with Gasteiger partial charge in [0.2, 0.25) is 0 Å². The second-order valence-electron chi connectivity index (χ2n) is 7.09. The molecule has 0 N–H and O–H groups in total. The smallest absolute Gasteiger partial charge is 0.0176 e. The molecular formula is C19H26ClN. The van der Waals surface area contributed by atoms with Gasteiger partial charge in [0.05, 0.1) is 0 Å². The minimum atomic E-state index is 0. The summed E-state index contributed by atoms with van der Waals surface area (Å²) >= 11 is 0. The van der Waals surface area contributed by atoms with Crippen molar-refractivity contribution in [2.75, 3.05) is 7.05 Å². The number of nitrogens with zero attached hydrogens (tertiary/aromatic N) is 1. The fourth-order valence-electron chi connectivity index (χ4n) is 5.27. The normalized spacial score (nSPS) is 40.3. The Morgan fingerprint density at radius 2 is 2.05 bits per heavy atom. The van der Waals surface area contributed by atoms with Crippen molar-refractivity contribution in [2.24, 2.45) is 11.8 Å². The van der Waals surface area contributed by atoms with E-state index in [9.17, 15) is 0 Å². The molecule has 1 aromatic carbocycles. The summed E-state index contributed by atoms with van der Waals surface area (Å²) in [6.45, 7) is 4.78. The van der Waals surface area contributed by atoms with E-state index in [2.05, 4.69) is 62.2 Å². The largest absolute Gasteiger partial charge is 0.300 e. The average Bonchev–Trinajstić information content (AvgIpc) is 2.51. The van der Waals surface area contributed by atoms with Crippen LogP contribution in [0.1, 0.15) is 37.8 Å². The lowest BCUT2D eigenvalue weighted by atomic mass is 9.53. The lowest BCUT2D eigenvalue weighted by Gasteiger charge is -2.59. The first-order valence-corrected chi connectivity index (χ1v) is 8.17. The van der Waals surface area contributed by atoms with E-state index in [1.165, 1.54) is 19.3 Å². The summed E-state index contributed by atoms with van der Waals surface area (Å²) in [5.74, 6) is 1.56. The molecule has 4 unspecified atom stereocenters. The van der Waals surface area contributed by atoms with Gasteiger partial charge in [-0.25, -0.2) is 0 Å². The molecule has 0 saturated carbocycles. The second-order valence-corrected chi connectivity index (χ2v) is 7.09. The first-order chi connectivity index (χ1) is 9.67. The van der Waals surface area contributed by atoms with Crippen molar-refractivity contribution in [1.82, 2.24) is 4.90 Å². The number of halogens is 1. The first kappa shape index (κ1) is 15.1. The highest BCUT2D eigenvalue weighted by Crippen LogP contribution is 2.54. The fraction of sp³-hybridized carbons (Fsp3) is 0.579. The number of fused-ring (bicyclic) bond motifs is 3. The van der Waals surface area contributed by atoms with Crippen molar-refractivity contribution in [3.63, 3.8) is 0 Å². The molecule has 21 heavy (non-hydrogen) atoms. The van der Waals surface area contributed by atoms with Gasteiger partial charge in [-0.15, -0.1) is 12.4 Å². The van der Waals surface area contributed by atoms with Gasteiger partial charge >= 0.3 is 0 Å². The summed E-state index contributed by atoms with van der Waals surface area (Å²) in [4.78, 5) is 2.67. The maximum absolute atomic E-state index is 2.67. The summed E-state index contributed by atoms with van der Waals surface area (Å²) in [7, 11) is 2.35. The molecule has 0 spiro atoms. The third-order valence-corrected chi connectivity index (χ3v) is 6.61. The molecule has 0 radical (unpaired) electrons. The summed E-state index contributed by atoms with van der Waals surface area (Å²) in [6.07, 6.45) is 8.97. The van der Waals surface area contributed by atoms with Crippen LogP contribution in [0.3, 0.4) is 0 Å². The maximum atomic E-state index is 2.67. The molecule has 1 heterocycles. The van der Waals surface area contributed by atoms with Crippen LogP contribution in [0.4, 0.5) is 0 Å². The number of hydrogen-bond donors (Lipinski definition) is 0. The van der Waals surface area contributed by atoms with Gasteiger partial charge < -0.3 is 0 Å². The Bertz CT molecular complexity index is 566. The summed E-state index contributed by atoms with van der Waals surface area (Å²) in [5, 5.41) is 0. The maximum Gasteiger partial charge on any atom is 0.0176 e. The van der Waals surface area contributed by atoms with Crippen LogP contribution >= 0.6 is 12.4 Å². The van der Waals surface area contributed by atoms with E-state index in [1.54, 1.807) is 11.1 Å². The highest BCUT2D eigenvalue weighted by molar-refractivity contribution is 5.85. The standard InChI is InChI=1S/C19H25N.ClH/c1-4-19-10-9-14-11-17(19)18(20(3)13(14)2)12-15-7-5-6-8-16(15)19;/h5-10,13-14,17-18H,4,11-12H2,1-3H3;1H/t13?,14?,17?,18?,19-;/m0./s1. The third kappa shape index (κ3) is 1.87. The van der Waals surface area contributed by atoms with Crippen LogP contribution in [0.25, 0.3) is 0 Å². The second kappa shape index (κ2) is 5.14. The molecule has 2 aliphatic carbocycles. The molecular weight excluding hydrogens is 278 g/mol. The summed E-state index contributed by atoms with van der Waals surface area (Å²) in [6, 6.07) is 10.6. The van der Waals surface area contributed by atoms with Gasteiger partial charge in [0, 0.05) is 17.5 Å². The van der Waals surface area contributed by atoms with Gasteiger partial charge in [-0.1, -0.05) is 43.3 Å². The minimum absolute atomic E-state index is 0. The Hall–Kier alpha value is -0.790. The number of piperidine rings is 1. The first-order valence-electron chi connectivity index (χ1n) is 8.17. The number of benzene rings is 1. The minimum Gasteiger partial charge on any atom is -0.300 e. The van der Waals surface area contributed by atoms with Crippen molar-refractivity contribution in [3.05, 3.63) is 47.5 Å². The highest BCUT2D eigenvalue weighted by atomic mass is 35.5. The fourth-order valence-corrected chi connectivity index (χ4v) is 5.27. The number of likely N-dealkylation sites (tertiary alicyclic amines) is 1. The van der Waals surface area contributed by atoms with Crippen LogP contribution in [0.15, 0.2) is 36.4 Å². The van der Waals surface area contributed by atoms with Crippen molar-refractivity contribution in [3.8, 4) is 0 Å². The lowest BCUT2D eigenvalue weighted by Crippen LogP contribution is -2.61. The zero-order valence-corrected chi connectivity index (χ0v) is 14.1. The topological polar surface area (TPSA) is 3.24 Å². The monoisotopic (exact) mass is 303 g/mol. The molecule has 5 atom stereocenters. The van der Waals surface area contributed by atoms with Gasteiger partial charge in [0.1, 0.15) is 0 Å². The van der Waals surface area contributed by atoms with Crippen molar-refractivity contribution < 1.29 is 0 Å². The Morgan fingerprint density at radius 1 is 1.29 bits per heavy atom. The number of rotatable bonds is 1. The Kier molecular flexibility index (Phi) is 3.70. The van der Waals surface area contributed by atoms with Gasteiger partial charge in [-0.3, -0.25) is 4.90 Å². The van der Waals surface area contributed by atoms with Crippen molar-refractivity contribution >= 4 is 12.4 Å². The summed E-state index contributed by atoms with van der Waals surface area (Å²) < 4.78 is 0. The van der Waals surface area contributed by atoms with Crippen molar-refractivity contribution in [1.29, 1.82) is 0 Å². The van der Waals surface area contributed by atoms with Crippen LogP contribution in [0.2, 0.25) is 0 Å². The zero-order chi connectivity index (χ0) is 13.9. The van der Waals surface area contributed by atoms with E-state index in [0.29, 0.717) is 11.5 Å². The molecule has 1 aromatic rings. The van der Waals surface area contributed by atoms with Gasteiger partial charge in [0.25, 0.3) is 0 Å². The molecule has 1 fully saturated rings. The van der Waals surface area contributed by atoms with Crippen molar-refractivity contribution in [2.45, 2.75) is 50.6 Å². The van der Waals surface area contributed by atoms with E-state index in [-0.39, 0.29) is 12.4 Å². The predicted octanol–water partition coefficient (Wildman–Crippen LogP) is 4.21. The van der Waals surface area contributed by atoms with E-state index < -0.39 is 0 Å². The predicted molar refractivity (Wildman–Crippen MR) is 91.1 cm³/mol. The van der Waals surface area contributed by atoms with Gasteiger partial charge in [0.15, 0.2) is 0 Å². The molecule has 1 saturated heterocycles. The molecule has 114 valence electrons. The highest BCUT2D eigenvalue weighted by Gasteiger charge is 2.53. The van der Waals surface area contributed by atoms with E-state index in [4.69, 9.17) is 0 Å². The number of likely N-dealkylation sites (N-methyl/N-ethyl adjacent to an activating group) is 1. The Labute approximate surface area is 134 Å². The van der Waals surface area contributed by atoms with Crippen LogP contribution in [-0.2, 0) is 11.8 Å². The quantitative estimate of drug-likeness (QED) is 0.703. The third-order valence-electron chi connectivity index (χ3n) is 6.61. The zero-order valence-electron chi connectivity index (χ0n) is 13.3. The average molecular weight is 304 g/mol. The van der Waals surface area contributed by atoms with E-state index >= 15 is 0 Å². The van der Waals surface area contributed by atoms with Crippen LogP contribution in [0, 0.1) is 11.8 Å². The Morgan fingerprint density at radius 3 is 2.81 bits per heavy atom. The lowest BCUT2D eigenvalue weighted by molar-refractivity contribution is -0.00173. The Balaban J connectivity index is 0.00000132. The number of allylic oxidation sites excluding steroid dienone is 1.